The highest BCUT2D eigenvalue weighted by Crippen LogP contribution is 2.06. The number of halogens is 3. The van der Waals surface area contributed by atoms with Crippen molar-refractivity contribution in [1.82, 2.24) is 0 Å². The monoisotopic (exact) mass is 163 g/mol. The molecule has 0 spiro atoms. The van der Waals surface area contributed by atoms with E-state index in [1.807, 2.05) is 0 Å². The third-order valence-electron chi connectivity index (χ3n) is 0.369. The van der Waals surface area contributed by atoms with Gasteiger partial charge in [-0.15, -0.1) is 0 Å². The molecule has 0 aromatic carbocycles. The molecule has 9 heavy (non-hydrogen) atoms. The molecule has 0 aromatic rings. The minimum atomic E-state index is -3.43. The van der Waals surface area contributed by atoms with Crippen LogP contribution in [0.4, 0.5) is 13.2 Å². The average molecular weight is 163 g/mol. The van der Waals surface area contributed by atoms with E-state index in [1.165, 1.54) is 0 Å². The summed E-state index contributed by atoms with van der Waals surface area (Å²) in [5.41, 5.74) is 0. The van der Waals surface area contributed by atoms with Crippen LogP contribution in [0.3, 0.4) is 0 Å². The topological polar surface area (TPSA) is 49.4 Å². The molecule has 7 heteroatoms. The van der Waals surface area contributed by atoms with E-state index in [0.29, 0.717) is 0 Å². The van der Waals surface area contributed by atoms with E-state index in [1.54, 1.807) is 0 Å². The van der Waals surface area contributed by atoms with Crippen LogP contribution in [0.1, 0.15) is 0 Å². The van der Waals surface area contributed by atoms with E-state index in [9.17, 15) is 21.9 Å². The maximum atomic E-state index is 11.4. The summed E-state index contributed by atoms with van der Waals surface area (Å²) in [4.78, 5) is 0. The summed E-state index contributed by atoms with van der Waals surface area (Å²) in [7, 11) is 0. The summed E-state index contributed by atoms with van der Waals surface area (Å²) in [5, 5.41) is 0. The molecule has 0 amide bonds. The van der Waals surface area contributed by atoms with Crippen molar-refractivity contribution in [3.63, 3.8) is 0 Å². The lowest BCUT2D eigenvalue weighted by Crippen LogP contribution is -2.17. The highest BCUT2D eigenvalue weighted by atomic mass is 32.2. The molecular formula is C2H2F3O3S-. The third-order valence-corrected chi connectivity index (χ3v) is 0.710. The van der Waals surface area contributed by atoms with Gasteiger partial charge in [-0.05, 0) is 0 Å². The van der Waals surface area contributed by atoms with Gasteiger partial charge in [0.25, 0.3) is 12.8 Å². The first-order valence-electron chi connectivity index (χ1n) is 1.72. The van der Waals surface area contributed by atoms with Gasteiger partial charge < -0.3 is 4.55 Å². The fourth-order valence-corrected chi connectivity index (χ4v) is 0.351. The molecule has 2 atom stereocenters. The van der Waals surface area contributed by atoms with E-state index in [-0.39, 0.29) is 0 Å². The summed E-state index contributed by atoms with van der Waals surface area (Å²) in [5.74, 6) is 0. The molecule has 3 nitrogen and oxygen atoms in total. The van der Waals surface area contributed by atoms with Crippen LogP contribution >= 0.6 is 0 Å². The maximum absolute atomic E-state index is 11.4. The number of hydrogen-bond acceptors (Lipinski definition) is 3. The fraction of sp³-hybridized carbons (Fsp3) is 1.00. The molecule has 0 rings (SSSR count). The molecule has 2 unspecified atom stereocenters. The van der Waals surface area contributed by atoms with Crippen LogP contribution in [0.25, 0.3) is 0 Å². The Balaban J connectivity index is 3.50. The van der Waals surface area contributed by atoms with Gasteiger partial charge in [-0.3, -0.25) is 4.18 Å². The summed E-state index contributed by atoms with van der Waals surface area (Å²) in [6.07, 6.45) is -6.48. The SMILES string of the molecule is O=S([O-])OC(F)C(F)F. The van der Waals surface area contributed by atoms with Gasteiger partial charge in [-0.25, -0.2) is 17.4 Å². The van der Waals surface area contributed by atoms with Crippen molar-refractivity contribution in [2.45, 2.75) is 12.8 Å². The fourth-order valence-electron chi connectivity index (χ4n) is 0.117. The zero-order chi connectivity index (χ0) is 7.44. The Kier molecular flexibility index (Phi) is 3.75. The highest BCUT2D eigenvalue weighted by molar-refractivity contribution is 7.74. The van der Waals surface area contributed by atoms with E-state index in [4.69, 9.17) is 0 Å². The molecule has 0 N–H and O–H groups in total. The van der Waals surface area contributed by atoms with Crippen LogP contribution in [0, 0.1) is 0 Å². The Morgan fingerprint density at radius 1 is 1.44 bits per heavy atom. The number of hydrogen-bond donors (Lipinski definition) is 0. The molecule has 0 saturated carbocycles. The average Bonchev–Trinajstić information content (AvgIpc) is 1.63. The van der Waals surface area contributed by atoms with Crippen molar-refractivity contribution in [1.29, 1.82) is 0 Å². The maximum Gasteiger partial charge on any atom is 0.294 e. The van der Waals surface area contributed by atoms with Crippen LogP contribution in [-0.4, -0.2) is 21.5 Å². The summed E-state index contributed by atoms with van der Waals surface area (Å²) in [6, 6.07) is 0. The Morgan fingerprint density at radius 2 is 1.89 bits per heavy atom. The second-order valence-corrected chi connectivity index (χ2v) is 1.59. The van der Waals surface area contributed by atoms with Crippen LogP contribution in [0.2, 0.25) is 0 Å². The minimum Gasteiger partial charge on any atom is -0.750 e. The standard InChI is InChI=1S/C2H3F3O3S/c3-1(4)2(5)8-9(6)7/h1-2H,(H,6,7)/p-1. The molecule has 0 fully saturated rings. The van der Waals surface area contributed by atoms with Gasteiger partial charge in [0.15, 0.2) is 0 Å². The van der Waals surface area contributed by atoms with E-state index in [2.05, 4.69) is 4.18 Å². The van der Waals surface area contributed by atoms with Crippen molar-refractivity contribution in [3.8, 4) is 0 Å². The second-order valence-electron chi connectivity index (χ2n) is 0.986. The van der Waals surface area contributed by atoms with E-state index < -0.39 is 24.1 Å². The van der Waals surface area contributed by atoms with Crippen molar-refractivity contribution >= 4 is 11.4 Å². The molecule has 0 aliphatic carbocycles. The van der Waals surface area contributed by atoms with Crippen molar-refractivity contribution in [2.75, 3.05) is 0 Å². The molecule has 0 heterocycles. The molecule has 0 aliphatic heterocycles. The lowest BCUT2D eigenvalue weighted by atomic mass is 10.7. The quantitative estimate of drug-likeness (QED) is 0.564. The van der Waals surface area contributed by atoms with Gasteiger partial charge in [-0.2, -0.15) is 0 Å². The van der Waals surface area contributed by atoms with Gasteiger partial charge in [0, 0.05) is 0 Å². The van der Waals surface area contributed by atoms with Crippen LogP contribution in [0.15, 0.2) is 0 Å². The molecule has 0 saturated heterocycles. The van der Waals surface area contributed by atoms with Gasteiger partial charge in [-0.1, -0.05) is 0 Å². The predicted molar refractivity (Wildman–Crippen MR) is 20.9 cm³/mol. The van der Waals surface area contributed by atoms with Crippen molar-refractivity contribution in [2.24, 2.45) is 0 Å². The predicted octanol–water partition coefficient (Wildman–Crippen LogP) is 0.358. The van der Waals surface area contributed by atoms with Crippen molar-refractivity contribution in [3.05, 3.63) is 0 Å². The highest BCUT2D eigenvalue weighted by Gasteiger charge is 2.19. The Hall–Kier alpha value is -0.140. The number of alkyl halides is 3. The summed E-state index contributed by atoms with van der Waals surface area (Å²) in [6.45, 7) is 0. The Morgan fingerprint density at radius 3 is 2.00 bits per heavy atom. The molecule has 56 valence electrons. The first-order chi connectivity index (χ1) is 4.04. The lowest BCUT2D eigenvalue weighted by molar-refractivity contribution is -0.0643. The van der Waals surface area contributed by atoms with Gasteiger partial charge in [0.1, 0.15) is 0 Å². The largest absolute Gasteiger partial charge is 0.750 e. The third kappa shape index (κ3) is 4.37. The van der Waals surface area contributed by atoms with Gasteiger partial charge >= 0.3 is 0 Å². The van der Waals surface area contributed by atoms with Gasteiger partial charge in [0.2, 0.25) is 0 Å². The smallest absolute Gasteiger partial charge is 0.294 e. The summed E-state index contributed by atoms with van der Waals surface area (Å²) >= 11 is -3.22. The van der Waals surface area contributed by atoms with Crippen LogP contribution < -0.4 is 0 Å². The lowest BCUT2D eigenvalue weighted by Gasteiger charge is -2.08. The zero-order valence-electron chi connectivity index (χ0n) is 3.92. The Bertz CT molecular complexity index is 107. The van der Waals surface area contributed by atoms with E-state index in [0.717, 1.165) is 0 Å². The van der Waals surface area contributed by atoms with E-state index >= 15 is 0 Å². The molecular weight excluding hydrogens is 161 g/mol. The van der Waals surface area contributed by atoms with Gasteiger partial charge in [0.05, 0.1) is 11.4 Å². The molecule has 0 aromatic heterocycles. The Labute approximate surface area is 51.3 Å². The van der Waals surface area contributed by atoms with Crippen molar-refractivity contribution < 1.29 is 26.1 Å². The van der Waals surface area contributed by atoms with Crippen LogP contribution in [0.5, 0.6) is 0 Å². The molecule has 0 radical (unpaired) electrons. The molecule has 0 aliphatic rings. The number of rotatable bonds is 3. The first-order valence-corrected chi connectivity index (χ1v) is 2.72. The zero-order valence-corrected chi connectivity index (χ0v) is 4.74. The summed E-state index contributed by atoms with van der Waals surface area (Å²) < 4.78 is 55.1. The first kappa shape index (κ1) is 8.86. The van der Waals surface area contributed by atoms with Crippen LogP contribution in [-0.2, 0) is 15.5 Å². The normalized spacial score (nSPS) is 17.9. The minimum absolute atomic E-state index is 3.01. The second kappa shape index (κ2) is 3.80. The molecule has 0 bridgehead atoms.